The van der Waals surface area contributed by atoms with Gasteiger partial charge in [0.1, 0.15) is 41.5 Å². The molecule has 20 heteroatoms. The minimum Gasteiger partial charge on any atom is -0.460 e. The number of esters is 3. The molecule has 20 nitrogen and oxygen atoms in total. The molecule has 2 aliphatic carbocycles. The van der Waals surface area contributed by atoms with Crippen LogP contribution in [0.15, 0.2) is 72.8 Å². The SMILES string of the molecule is CC(C)(C)OC(=O)CC[C@H](NC(=O)N[C@@H](CCCCNC(=O)[C@H](Cc1ccc2ccccc2c1)NC(=O)C1CCC(NC(=O)CCCOC2CCC(OCCNC(=O)OCc3ccccc3)CC2)CC1)C(=O)OC(C)(C)C)C(=O)OC(C)(C)C. The molecule has 0 saturated heterocycles. The minimum absolute atomic E-state index is 0.0485. The normalized spacial score (nSPS) is 18.4. The smallest absolute Gasteiger partial charge is 0.407 e. The molecule has 0 radical (unpaired) electrons. The van der Waals surface area contributed by atoms with Crippen LogP contribution in [0.3, 0.4) is 0 Å². The molecule has 6 N–H and O–H groups in total. The Morgan fingerprint density at radius 3 is 1.74 bits per heavy atom. The molecule has 3 aromatic rings. The van der Waals surface area contributed by atoms with E-state index in [0.717, 1.165) is 47.6 Å². The van der Waals surface area contributed by atoms with Crippen molar-refractivity contribution in [3.05, 3.63) is 83.9 Å². The van der Waals surface area contributed by atoms with Gasteiger partial charge in [0.2, 0.25) is 17.7 Å². The summed E-state index contributed by atoms with van der Waals surface area (Å²) in [5.41, 5.74) is -0.728. The second-order valence-electron chi connectivity index (χ2n) is 25.0. The number of hydrogen-bond acceptors (Lipinski definition) is 14. The number of fused-ring (bicyclic) bond motifs is 1. The molecule has 2 fully saturated rings. The van der Waals surface area contributed by atoms with Crippen LogP contribution in [0.25, 0.3) is 10.8 Å². The average molecular weight is 1170 g/mol. The Bertz CT molecular complexity index is 2600. The van der Waals surface area contributed by atoms with Crippen LogP contribution in [0.5, 0.6) is 0 Å². The van der Waals surface area contributed by atoms with E-state index in [-0.39, 0.29) is 80.7 Å². The number of carbonyl (C=O) groups is 8. The third kappa shape index (κ3) is 26.8. The van der Waals surface area contributed by atoms with Gasteiger partial charge in [-0.05, 0) is 168 Å². The Labute approximate surface area is 496 Å². The maximum atomic E-state index is 14.0. The van der Waals surface area contributed by atoms with Crippen LogP contribution in [0.1, 0.15) is 170 Å². The molecular weight excluding hydrogens is 1080 g/mol. The summed E-state index contributed by atoms with van der Waals surface area (Å²) in [7, 11) is 0. The first-order chi connectivity index (χ1) is 39.8. The molecule has 0 bridgehead atoms. The van der Waals surface area contributed by atoms with E-state index in [1.807, 2.05) is 72.8 Å². The molecule has 5 rings (SSSR count). The zero-order chi connectivity index (χ0) is 61.3. The van der Waals surface area contributed by atoms with Gasteiger partial charge in [-0.25, -0.2) is 19.2 Å². The van der Waals surface area contributed by atoms with Gasteiger partial charge in [-0.2, -0.15) is 0 Å². The number of alkyl carbamates (subject to hydrolysis) is 1. The largest absolute Gasteiger partial charge is 0.460 e. The summed E-state index contributed by atoms with van der Waals surface area (Å²) < 4.78 is 33.9. The molecule has 84 heavy (non-hydrogen) atoms. The summed E-state index contributed by atoms with van der Waals surface area (Å²) in [5, 5.41) is 19.2. The Kier molecular flexibility index (Phi) is 27.2. The zero-order valence-corrected chi connectivity index (χ0v) is 51.0. The number of urea groups is 1. The van der Waals surface area contributed by atoms with E-state index in [4.69, 9.17) is 28.4 Å². The summed E-state index contributed by atoms with van der Waals surface area (Å²) in [4.78, 5) is 106. The van der Waals surface area contributed by atoms with Crippen molar-refractivity contribution in [2.75, 3.05) is 26.3 Å². The predicted molar refractivity (Wildman–Crippen MR) is 318 cm³/mol. The lowest BCUT2D eigenvalue weighted by Crippen LogP contribution is -2.53. The Hall–Kier alpha value is -6.80. The molecule has 2 aliphatic rings. The van der Waals surface area contributed by atoms with Crippen molar-refractivity contribution in [3.8, 4) is 0 Å². The van der Waals surface area contributed by atoms with Crippen molar-refractivity contribution in [1.29, 1.82) is 0 Å². The molecule has 0 aromatic heterocycles. The number of ether oxygens (including phenoxy) is 6. The fourth-order valence-electron chi connectivity index (χ4n) is 9.97. The lowest BCUT2D eigenvalue weighted by Gasteiger charge is -2.30. The van der Waals surface area contributed by atoms with Crippen LogP contribution in [0, 0.1) is 5.92 Å². The molecular formula is C64H94N6O14. The van der Waals surface area contributed by atoms with Crippen LogP contribution in [0.4, 0.5) is 9.59 Å². The Morgan fingerprint density at radius 1 is 0.536 bits per heavy atom. The number of benzene rings is 3. The van der Waals surface area contributed by atoms with Gasteiger partial charge in [-0.1, -0.05) is 72.8 Å². The lowest BCUT2D eigenvalue weighted by molar-refractivity contribution is -0.159. The Balaban J connectivity index is 1.04. The average Bonchev–Trinajstić information content (AvgIpc) is 3.62. The Morgan fingerprint density at radius 2 is 1.12 bits per heavy atom. The molecule has 0 heterocycles. The maximum absolute atomic E-state index is 14.0. The zero-order valence-electron chi connectivity index (χ0n) is 51.0. The molecule has 3 aromatic carbocycles. The highest BCUT2D eigenvalue weighted by atomic mass is 16.6. The molecule has 0 unspecified atom stereocenters. The highest BCUT2D eigenvalue weighted by Crippen LogP contribution is 2.27. The second kappa shape index (κ2) is 33.6. The van der Waals surface area contributed by atoms with Gasteiger partial charge in [0.05, 0.1) is 18.8 Å². The van der Waals surface area contributed by atoms with E-state index in [2.05, 4.69) is 31.9 Å². The van der Waals surface area contributed by atoms with Gasteiger partial charge in [0.25, 0.3) is 0 Å². The molecule has 3 atom stereocenters. The number of rotatable bonds is 29. The second-order valence-corrected chi connectivity index (χ2v) is 25.0. The highest BCUT2D eigenvalue weighted by molar-refractivity contribution is 5.90. The van der Waals surface area contributed by atoms with Gasteiger partial charge < -0.3 is 60.3 Å². The third-order valence-electron chi connectivity index (χ3n) is 14.1. The maximum Gasteiger partial charge on any atom is 0.407 e. The number of unbranched alkanes of at least 4 members (excludes halogenated alkanes) is 1. The van der Waals surface area contributed by atoms with Crippen LogP contribution < -0.4 is 31.9 Å². The van der Waals surface area contributed by atoms with Crippen molar-refractivity contribution >= 4 is 58.5 Å². The molecule has 0 spiro atoms. The van der Waals surface area contributed by atoms with E-state index in [9.17, 15) is 38.4 Å². The van der Waals surface area contributed by atoms with E-state index in [1.165, 1.54) is 0 Å². The first kappa shape index (κ1) is 68.0. The van der Waals surface area contributed by atoms with E-state index in [1.54, 1.807) is 62.3 Å². The first-order valence-electron chi connectivity index (χ1n) is 30.0. The van der Waals surface area contributed by atoms with Crippen molar-refractivity contribution in [2.24, 2.45) is 5.92 Å². The van der Waals surface area contributed by atoms with Gasteiger partial charge >= 0.3 is 30.0 Å². The fourth-order valence-corrected chi connectivity index (χ4v) is 9.97. The van der Waals surface area contributed by atoms with E-state index < -0.39 is 65.0 Å². The van der Waals surface area contributed by atoms with Crippen LogP contribution in [0.2, 0.25) is 0 Å². The third-order valence-corrected chi connectivity index (χ3v) is 14.1. The molecule has 464 valence electrons. The quantitative estimate of drug-likeness (QED) is 0.0216. The van der Waals surface area contributed by atoms with Gasteiger partial charge in [0.15, 0.2) is 0 Å². The van der Waals surface area contributed by atoms with E-state index in [0.29, 0.717) is 71.1 Å². The van der Waals surface area contributed by atoms with Crippen molar-refractivity contribution < 1.29 is 66.8 Å². The summed E-state index contributed by atoms with van der Waals surface area (Å²) >= 11 is 0. The minimum atomic E-state index is -1.24. The topological polar surface area (TPSA) is 264 Å². The summed E-state index contributed by atoms with van der Waals surface area (Å²) in [6, 6.07) is 19.2. The molecule has 2 saturated carbocycles. The van der Waals surface area contributed by atoms with E-state index >= 15 is 0 Å². The van der Waals surface area contributed by atoms with Gasteiger partial charge in [-0.15, -0.1) is 0 Å². The highest BCUT2D eigenvalue weighted by Gasteiger charge is 2.33. The number of hydrogen-bond donors (Lipinski definition) is 6. The van der Waals surface area contributed by atoms with Crippen LogP contribution >= 0.6 is 0 Å². The summed E-state index contributed by atoms with van der Waals surface area (Å²) in [6.45, 7) is 17.0. The molecule has 6 amide bonds. The van der Waals surface area contributed by atoms with Gasteiger partial charge in [0, 0.05) is 50.9 Å². The standard InChI is InChI=1S/C64H94N6O14/c1-62(2,3)82-55(72)35-34-52(59(76)84-64(7,8)9)70-60(77)69-51(58(75)83-63(4,5)6)22-15-16-36-65-57(74)53(41-44-24-25-45-20-13-14-21-47(45)40-44)68-56(73)46-26-28-48(29-27-46)67-54(71)23-17-38-79-49-30-32-50(33-31-49)80-39-37-66-61(78)81-42-43-18-11-10-12-19-43/h10-14,18-21,24-25,40,46,48-53H,15-17,22-23,26-39,41-42H2,1-9H3,(H,65,74)(H,66,78)(H,67,71)(H,68,73)(H2,69,70,77)/t46?,48?,49?,50?,51-,52-,53-/m0/s1. The first-order valence-corrected chi connectivity index (χ1v) is 30.0. The monoisotopic (exact) mass is 1170 g/mol. The summed E-state index contributed by atoms with van der Waals surface area (Å²) in [5.74, 6) is -3.00. The lowest BCUT2D eigenvalue weighted by atomic mass is 9.85. The van der Waals surface area contributed by atoms with Crippen LogP contribution in [-0.4, -0.2) is 127 Å². The number of nitrogens with one attached hydrogen (secondary N) is 6. The van der Waals surface area contributed by atoms with Crippen molar-refractivity contribution in [3.63, 3.8) is 0 Å². The van der Waals surface area contributed by atoms with Crippen molar-refractivity contribution in [2.45, 2.75) is 225 Å². The summed E-state index contributed by atoms with van der Waals surface area (Å²) in [6.07, 6.45) is 7.31. The predicted octanol–water partition coefficient (Wildman–Crippen LogP) is 8.72. The van der Waals surface area contributed by atoms with Crippen molar-refractivity contribution in [1.82, 2.24) is 31.9 Å². The number of amides is 6. The number of carbonyl (C=O) groups excluding carboxylic acids is 8. The van der Waals surface area contributed by atoms with Crippen LogP contribution in [-0.2, 0) is 70.2 Å². The molecule has 0 aliphatic heterocycles. The fraction of sp³-hybridized carbons (Fsp3) is 0.625. The van der Waals surface area contributed by atoms with Gasteiger partial charge in [-0.3, -0.25) is 19.2 Å².